The molecule has 1 N–H and O–H groups in total. The van der Waals surface area contributed by atoms with Crippen LogP contribution in [0.25, 0.3) is 6.08 Å². The van der Waals surface area contributed by atoms with Crippen molar-refractivity contribution in [2.75, 3.05) is 40.2 Å². The van der Waals surface area contributed by atoms with Crippen molar-refractivity contribution >= 4 is 23.6 Å². The van der Waals surface area contributed by atoms with Crippen molar-refractivity contribution in [3.63, 3.8) is 0 Å². The number of anilines is 1. The fourth-order valence-electron chi connectivity index (χ4n) is 2.53. The minimum Gasteiger partial charge on any atom is -0.496 e. The predicted octanol–water partition coefficient (Wildman–Crippen LogP) is 2.96. The zero-order valence-corrected chi connectivity index (χ0v) is 16.7. The summed E-state index contributed by atoms with van der Waals surface area (Å²) < 4.78 is 29.0. The number of amides is 2. The molecule has 0 atom stereocenters. The van der Waals surface area contributed by atoms with Gasteiger partial charge in [0.25, 0.3) is 0 Å². The lowest BCUT2D eigenvalue weighted by atomic mass is 10.1. The van der Waals surface area contributed by atoms with Gasteiger partial charge in [-0.3, -0.25) is 9.59 Å². The number of hydrogen-bond donors (Lipinski definition) is 1. The molecule has 29 heavy (non-hydrogen) atoms. The molecule has 2 rings (SSSR count). The van der Waals surface area contributed by atoms with E-state index < -0.39 is 17.6 Å². The van der Waals surface area contributed by atoms with Crippen LogP contribution in [0.4, 0.5) is 10.1 Å². The van der Waals surface area contributed by atoms with Crippen LogP contribution in [0, 0.1) is 5.82 Å². The number of halogens is 1. The Morgan fingerprint density at radius 2 is 1.69 bits per heavy atom. The third-order valence-electron chi connectivity index (χ3n) is 4.01. The zero-order chi connectivity index (χ0) is 21.4. The third-order valence-corrected chi connectivity index (χ3v) is 4.01. The van der Waals surface area contributed by atoms with Crippen molar-refractivity contribution in [1.82, 2.24) is 4.90 Å². The smallest absolute Gasteiger partial charge is 0.246 e. The first-order valence-corrected chi connectivity index (χ1v) is 8.66. The molecule has 0 aliphatic rings. The van der Waals surface area contributed by atoms with Gasteiger partial charge < -0.3 is 24.4 Å². The fourth-order valence-corrected chi connectivity index (χ4v) is 2.53. The van der Waals surface area contributed by atoms with Crippen LogP contribution < -0.4 is 19.5 Å². The Morgan fingerprint density at radius 3 is 2.31 bits per heavy atom. The summed E-state index contributed by atoms with van der Waals surface area (Å²) in [5, 5.41) is 2.54. The summed E-state index contributed by atoms with van der Waals surface area (Å²) in [5.41, 5.74) is 0.928. The number of methoxy groups -OCH3 is 3. The molecule has 0 unspecified atom stereocenters. The minimum absolute atomic E-state index is 0.192. The van der Waals surface area contributed by atoms with Gasteiger partial charge in [0.05, 0.1) is 27.9 Å². The second-order valence-corrected chi connectivity index (χ2v) is 6.04. The van der Waals surface area contributed by atoms with E-state index in [-0.39, 0.29) is 6.54 Å². The molecule has 0 aliphatic carbocycles. The first kappa shape index (κ1) is 21.7. The topological polar surface area (TPSA) is 77.1 Å². The zero-order valence-electron chi connectivity index (χ0n) is 16.7. The van der Waals surface area contributed by atoms with Crippen molar-refractivity contribution < 1.29 is 28.2 Å². The van der Waals surface area contributed by atoms with Crippen LogP contribution in [0.5, 0.6) is 17.2 Å². The molecule has 8 heteroatoms. The first-order chi connectivity index (χ1) is 13.9. The van der Waals surface area contributed by atoms with Crippen molar-refractivity contribution in [1.29, 1.82) is 0 Å². The largest absolute Gasteiger partial charge is 0.496 e. The lowest BCUT2D eigenvalue weighted by Gasteiger charge is -2.15. The van der Waals surface area contributed by atoms with Crippen molar-refractivity contribution in [3.05, 3.63) is 53.9 Å². The van der Waals surface area contributed by atoms with Gasteiger partial charge in [-0.05, 0) is 30.3 Å². The molecule has 2 aromatic carbocycles. The molecule has 0 saturated carbocycles. The van der Waals surface area contributed by atoms with Gasteiger partial charge in [0.15, 0.2) is 11.5 Å². The Labute approximate surface area is 168 Å². The van der Waals surface area contributed by atoms with Gasteiger partial charge in [0, 0.05) is 30.4 Å². The molecule has 0 saturated heterocycles. The number of benzene rings is 2. The molecule has 2 aromatic rings. The highest BCUT2D eigenvalue weighted by Crippen LogP contribution is 2.35. The Bertz CT molecular complexity index is 914. The summed E-state index contributed by atoms with van der Waals surface area (Å²) in [7, 11) is 6.01. The molecule has 0 aromatic heterocycles. The van der Waals surface area contributed by atoms with Gasteiger partial charge in [-0.15, -0.1) is 0 Å². The predicted molar refractivity (Wildman–Crippen MR) is 108 cm³/mol. The van der Waals surface area contributed by atoms with Crippen molar-refractivity contribution in [2.24, 2.45) is 0 Å². The lowest BCUT2D eigenvalue weighted by Crippen LogP contribution is -2.33. The summed E-state index contributed by atoms with van der Waals surface area (Å²) in [4.78, 5) is 25.6. The summed E-state index contributed by atoms with van der Waals surface area (Å²) in [6.07, 6.45) is 2.88. The highest BCUT2D eigenvalue weighted by atomic mass is 19.1. The molecule has 0 aliphatic heterocycles. The average molecular weight is 402 g/mol. The maximum absolute atomic E-state index is 13.2. The van der Waals surface area contributed by atoms with Gasteiger partial charge >= 0.3 is 0 Å². The molecule has 0 spiro atoms. The second kappa shape index (κ2) is 10.1. The summed E-state index contributed by atoms with van der Waals surface area (Å²) in [6, 6.07) is 8.85. The van der Waals surface area contributed by atoms with Gasteiger partial charge in [-0.2, -0.15) is 0 Å². The summed E-state index contributed by atoms with van der Waals surface area (Å²) in [6.45, 7) is -0.192. The van der Waals surface area contributed by atoms with E-state index in [1.165, 1.54) is 57.6 Å². The van der Waals surface area contributed by atoms with Crippen LogP contribution in [0.15, 0.2) is 42.5 Å². The number of carbonyl (C=O) groups excluding carboxylic acids is 2. The molecular formula is C21H23FN2O5. The number of nitrogens with zero attached hydrogens (tertiary/aromatic N) is 1. The second-order valence-electron chi connectivity index (χ2n) is 6.04. The quantitative estimate of drug-likeness (QED) is 0.687. The van der Waals surface area contributed by atoms with Gasteiger partial charge in [-0.25, -0.2) is 4.39 Å². The van der Waals surface area contributed by atoms with Crippen molar-refractivity contribution in [3.8, 4) is 17.2 Å². The number of likely N-dealkylation sites (N-methyl/N-ethyl adjacent to an activating group) is 1. The van der Waals surface area contributed by atoms with Crippen LogP contribution in [0.3, 0.4) is 0 Å². The van der Waals surface area contributed by atoms with Crippen LogP contribution in [-0.2, 0) is 9.59 Å². The molecule has 154 valence electrons. The molecular weight excluding hydrogens is 379 g/mol. The molecule has 7 nitrogen and oxygen atoms in total. The fraction of sp³-hybridized carbons (Fsp3) is 0.238. The molecule has 0 radical (unpaired) electrons. The summed E-state index contributed by atoms with van der Waals surface area (Å²) in [5.74, 6) is 0.194. The standard InChI is InChI=1S/C21H23FN2O5/c1-24(13-20(25)23-16-7-5-6-15(22)11-16)21(26)9-8-14-10-18(28-3)19(29-4)12-17(14)27-2/h5-12H,13H2,1-4H3,(H,23,25)/b9-8+. The Morgan fingerprint density at radius 1 is 1.03 bits per heavy atom. The Balaban J connectivity index is 2.05. The third kappa shape index (κ3) is 5.97. The minimum atomic E-state index is -0.459. The monoisotopic (exact) mass is 402 g/mol. The van der Waals surface area contributed by atoms with E-state index in [1.54, 1.807) is 24.3 Å². The van der Waals surface area contributed by atoms with E-state index in [2.05, 4.69) is 5.32 Å². The number of ether oxygens (including phenoxy) is 3. The number of carbonyl (C=O) groups is 2. The van der Waals surface area contributed by atoms with E-state index in [1.807, 2.05) is 0 Å². The Hall–Kier alpha value is -3.55. The van der Waals surface area contributed by atoms with Crippen molar-refractivity contribution in [2.45, 2.75) is 0 Å². The van der Waals surface area contributed by atoms with Gasteiger partial charge in [0.2, 0.25) is 11.8 Å². The lowest BCUT2D eigenvalue weighted by molar-refractivity contribution is -0.129. The number of hydrogen-bond acceptors (Lipinski definition) is 5. The van der Waals surface area contributed by atoms with Crippen LogP contribution in [-0.4, -0.2) is 51.6 Å². The first-order valence-electron chi connectivity index (χ1n) is 8.66. The van der Waals surface area contributed by atoms with E-state index in [0.717, 1.165) is 0 Å². The highest BCUT2D eigenvalue weighted by molar-refractivity contribution is 5.98. The average Bonchev–Trinajstić information content (AvgIpc) is 2.70. The SMILES string of the molecule is COc1cc(OC)c(OC)cc1/C=C/C(=O)N(C)CC(=O)Nc1cccc(F)c1. The Kier molecular flexibility index (Phi) is 7.59. The van der Waals surface area contributed by atoms with Gasteiger partial charge in [-0.1, -0.05) is 6.07 Å². The van der Waals surface area contributed by atoms with Crippen LogP contribution in [0.2, 0.25) is 0 Å². The van der Waals surface area contributed by atoms with Gasteiger partial charge in [0.1, 0.15) is 11.6 Å². The maximum Gasteiger partial charge on any atom is 0.246 e. The summed E-state index contributed by atoms with van der Waals surface area (Å²) >= 11 is 0. The van der Waals surface area contributed by atoms with Crippen LogP contribution in [0.1, 0.15) is 5.56 Å². The van der Waals surface area contributed by atoms with E-state index >= 15 is 0 Å². The number of rotatable bonds is 8. The molecule has 0 fully saturated rings. The molecule has 2 amide bonds. The van der Waals surface area contributed by atoms with E-state index in [9.17, 15) is 14.0 Å². The molecule has 0 heterocycles. The number of nitrogens with one attached hydrogen (secondary N) is 1. The highest BCUT2D eigenvalue weighted by Gasteiger charge is 2.13. The normalized spacial score (nSPS) is 10.5. The van der Waals surface area contributed by atoms with E-state index in [0.29, 0.717) is 28.5 Å². The van der Waals surface area contributed by atoms with Crippen LogP contribution >= 0.6 is 0 Å². The maximum atomic E-state index is 13.2. The van der Waals surface area contributed by atoms with E-state index in [4.69, 9.17) is 14.2 Å². The molecule has 0 bridgehead atoms.